The van der Waals surface area contributed by atoms with Crippen molar-refractivity contribution in [1.29, 1.82) is 0 Å². The molecule has 0 bridgehead atoms. The normalized spacial score (nSPS) is 17.5. The molecular formula is C11H18N4O2. The number of nitrogens with zero attached hydrogens (tertiary/aromatic N) is 2. The highest BCUT2D eigenvalue weighted by Gasteiger charge is 2.37. The number of aryl methyl sites for hydroxylation is 1. The van der Waals surface area contributed by atoms with Gasteiger partial charge in [0.1, 0.15) is 0 Å². The van der Waals surface area contributed by atoms with Gasteiger partial charge in [-0.3, -0.25) is 4.79 Å². The molecule has 0 aromatic carbocycles. The van der Waals surface area contributed by atoms with Crippen LogP contribution in [-0.2, 0) is 11.3 Å². The molecule has 94 valence electrons. The van der Waals surface area contributed by atoms with Gasteiger partial charge in [-0.15, -0.1) is 0 Å². The monoisotopic (exact) mass is 238 g/mol. The zero-order valence-electron chi connectivity index (χ0n) is 10.0. The zero-order chi connectivity index (χ0) is 12.3. The smallest absolute Gasteiger partial charge is 0.223 e. The first-order valence-electron chi connectivity index (χ1n) is 5.89. The number of hydrogen-bond donors (Lipinski definition) is 2. The number of hydrogen-bond acceptors (Lipinski definition) is 5. The predicted octanol–water partition coefficient (Wildman–Crippen LogP) is 0.513. The first-order chi connectivity index (χ1) is 8.13. The van der Waals surface area contributed by atoms with Crippen molar-refractivity contribution >= 4 is 5.91 Å². The van der Waals surface area contributed by atoms with Crippen LogP contribution in [0.5, 0.6) is 0 Å². The van der Waals surface area contributed by atoms with Crippen molar-refractivity contribution in [3.63, 3.8) is 0 Å². The van der Waals surface area contributed by atoms with Gasteiger partial charge in [0.2, 0.25) is 11.8 Å². The maximum absolute atomic E-state index is 11.7. The molecule has 0 radical (unpaired) electrons. The molecule has 0 aliphatic heterocycles. The third kappa shape index (κ3) is 2.82. The maximum atomic E-state index is 11.7. The second-order valence-electron chi connectivity index (χ2n) is 4.74. The molecule has 0 saturated heterocycles. The first-order valence-corrected chi connectivity index (χ1v) is 5.89. The van der Waals surface area contributed by atoms with Gasteiger partial charge in [-0.25, -0.2) is 0 Å². The van der Waals surface area contributed by atoms with Gasteiger partial charge >= 0.3 is 0 Å². The summed E-state index contributed by atoms with van der Waals surface area (Å²) in [5.74, 6) is 1.02. The number of carbonyl (C=O) groups is 1. The summed E-state index contributed by atoms with van der Waals surface area (Å²) in [7, 11) is 0. The molecule has 17 heavy (non-hydrogen) atoms. The van der Waals surface area contributed by atoms with E-state index in [1.54, 1.807) is 6.92 Å². The van der Waals surface area contributed by atoms with Crippen LogP contribution in [0.1, 0.15) is 37.4 Å². The molecule has 1 aromatic rings. The minimum Gasteiger partial charge on any atom is -0.349 e. The summed E-state index contributed by atoms with van der Waals surface area (Å²) >= 11 is 0. The summed E-state index contributed by atoms with van der Waals surface area (Å²) in [5, 5.41) is 6.50. The lowest BCUT2D eigenvalue weighted by Gasteiger charge is -2.40. The molecule has 3 N–H and O–H groups in total. The summed E-state index contributed by atoms with van der Waals surface area (Å²) < 4.78 is 4.82. The lowest BCUT2D eigenvalue weighted by molar-refractivity contribution is -0.124. The largest absolute Gasteiger partial charge is 0.349 e. The lowest BCUT2D eigenvalue weighted by Crippen LogP contribution is -2.41. The molecule has 1 heterocycles. The average Bonchev–Trinajstić information content (AvgIpc) is 2.67. The molecule has 1 aliphatic carbocycles. The van der Waals surface area contributed by atoms with Crippen LogP contribution in [0.4, 0.5) is 0 Å². The van der Waals surface area contributed by atoms with Crippen molar-refractivity contribution in [1.82, 2.24) is 15.5 Å². The summed E-state index contributed by atoms with van der Waals surface area (Å²) in [5.41, 5.74) is 5.75. The molecule has 0 spiro atoms. The summed E-state index contributed by atoms with van der Waals surface area (Å²) in [4.78, 5) is 15.8. The Hall–Kier alpha value is -1.43. The van der Waals surface area contributed by atoms with E-state index in [9.17, 15) is 4.79 Å². The van der Waals surface area contributed by atoms with Crippen LogP contribution in [0.2, 0.25) is 0 Å². The number of nitrogens with one attached hydrogen (secondary N) is 1. The molecule has 1 fully saturated rings. The second-order valence-corrected chi connectivity index (χ2v) is 4.74. The molecule has 0 atom stereocenters. The van der Waals surface area contributed by atoms with Crippen molar-refractivity contribution in [3.8, 4) is 0 Å². The van der Waals surface area contributed by atoms with E-state index in [4.69, 9.17) is 10.3 Å². The van der Waals surface area contributed by atoms with Crippen LogP contribution in [0.3, 0.4) is 0 Å². The van der Waals surface area contributed by atoms with Crippen LogP contribution >= 0.6 is 0 Å². The van der Waals surface area contributed by atoms with Crippen molar-refractivity contribution in [2.24, 2.45) is 11.1 Å². The Balaban J connectivity index is 1.77. The maximum Gasteiger partial charge on any atom is 0.223 e. The number of carbonyl (C=O) groups excluding carboxylic acids is 1. The molecule has 1 aromatic heterocycles. The Bertz CT molecular complexity index is 392. The quantitative estimate of drug-likeness (QED) is 0.779. The van der Waals surface area contributed by atoms with Gasteiger partial charge in [0.25, 0.3) is 0 Å². The minimum absolute atomic E-state index is 0.0117. The summed E-state index contributed by atoms with van der Waals surface area (Å²) in [6.45, 7) is 2.62. The molecule has 0 unspecified atom stereocenters. The Kier molecular flexibility index (Phi) is 3.42. The van der Waals surface area contributed by atoms with Crippen molar-refractivity contribution in [2.45, 2.75) is 39.2 Å². The van der Waals surface area contributed by atoms with Gasteiger partial charge in [0.05, 0.1) is 6.54 Å². The SMILES string of the molecule is Cc1nc(CNC(=O)CC2(CN)CCC2)no1. The highest BCUT2D eigenvalue weighted by molar-refractivity contribution is 5.76. The Morgan fingerprint density at radius 2 is 2.35 bits per heavy atom. The van der Waals surface area contributed by atoms with Gasteiger partial charge in [-0.2, -0.15) is 4.98 Å². The van der Waals surface area contributed by atoms with Gasteiger partial charge in [0, 0.05) is 13.3 Å². The van der Waals surface area contributed by atoms with Crippen LogP contribution in [-0.4, -0.2) is 22.6 Å². The van der Waals surface area contributed by atoms with Crippen LogP contribution in [0.15, 0.2) is 4.52 Å². The van der Waals surface area contributed by atoms with Gasteiger partial charge in [-0.1, -0.05) is 11.6 Å². The van der Waals surface area contributed by atoms with Crippen LogP contribution < -0.4 is 11.1 Å². The minimum atomic E-state index is 0.0117. The summed E-state index contributed by atoms with van der Waals surface area (Å²) in [6, 6.07) is 0. The molecule has 1 amide bonds. The second kappa shape index (κ2) is 4.83. The van der Waals surface area contributed by atoms with Gasteiger partial charge < -0.3 is 15.6 Å². The highest BCUT2D eigenvalue weighted by atomic mass is 16.5. The molecule has 1 saturated carbocycles. The number of amides is 1. The fraction of sp³-hybridized carbons (Fsp3) is 0.727. The van der Waals surface area contributed by atoms with E-state index in [1.807, 2.05) is 0 Å². The topological polar surface area (TPSA) is 94.0 Å². The van der Waals surface area contributed by atoms with E-state index in [1.165, 1.54) is 6.42 Å². The third-order valence-electron chi connectivity index (χ3n) is 3.40. The van der Waals surface area contributed by atoms with E-state index in [0.29, 0.717) is 31.2 Å². The van der Waals surface area contributed by atoms with Gasteiger partial charge in [0.15, 0.2) is 5.82 Å². The molecule has 2 rings (SSSR count). The van der Waals surface area contributed by atoms with Crippen molar-refractivity contribution in [2.75, 3.05) is 6.54 Å². The van der Waals surface area contributed by atoms with Crippen LogP contribution in [0, 0.1) is 12.3 Å². The highest BCUT2D eigenvalue weighted by Crippen LogP contribution is 2.42. The standard InChI is InChI=1S/C11H18N4O2/c1-8-14-9(15-17-8)6-13-10(16)5-11(7-12)3-2-4-11/h2-7,12H2,1H3,(H,13,16). The third-order valence-corrected chi connectivity index (χ3v) is 3.40. The Morgan fingerprint density at radius 3 is 2.82 bits per heavy atom. The van der Waals surface area contributed by atoms with E-state index < -0.39 is 0 Å². The molecule has 6 nitrogen and oxygen atoms in total. The Labute approximate surface area is 99.9 Å². The number of nitrogens with two attached hydrogens (primary N) is 1. The van der Waals surface area contributed by atoms with E-state index >= 15 is 0 Å². The fourth-order valence-electron chi connectivity index (χ4n) is 2.12. The average molecular weight is 238 g/mol. The van der Waals surface area contributed by atoms with Crippen molar-refractivity contribution < 1.29 is 9.32 Å². The zero-order valence-corrected chi connectivity index (χ0v) is 10.0. The molecular weight excluding hydrogens is 220 g/mol. The Morgan fingerprint density at radius 1 is 1.59 bits per heavy atom. The summed E-state index contributed by atoms with van der Waals surface area (Å²) in [6.07, 6.45) is 3.78. The number of rotatable bonds is 5. The van der Waals surface area contributed by atoms with E-state index in [2.05, 4.69) is 15.5 Å². The molecule has 1 aliphatic rings. The van der Waals surface area contributed by atoms with Gasteiger partial charge in [-0.05, 0) is 24.8 Å². The first kappa shape index (κ1) is 12.0. The van der Waals surface area contributed by atoms with E-state index in [-0.39, 0.29) is 11.3 Å². The lowest BCUT2D eigenvalue weighted by atomic mass is 9.66. The van der Waals surface area contributed by atoms with Crippen LogP contribution in [0.25, 0.3) is 0 Å². The molecule has 6 heteroatoms. The predicted molar refractivity (Wildman–Crippen MR) is 60.8 cm³/mol. The van der Waals surface area contributed by atoms with E-state index in [0.717, 1.165) is 12.8 Å². The van der Waals surface area contributed by atoms with Crippen molar-refractivity contribution in [3.05, 3.63) is 11.7 Å². The fourth-order valence-corrected chi connectivity index (χ4v) is 2.12. The number of aromatic nitrogens is 2.